The van der Waals surface area contributed by atoms with Crippen molar-refractivity contribution in [3.8, 4) is 0 Å². The van der Waals surface area contributed by atoms with E-state index in [1.807, 2.05) is 30.3 Å². The molecule has 3 aromatic rings. The van der Waals surface area contributed by atoms with Crippen LogP contribution < -0.4 is 20.7 Å². The van der Waals surface area contributed by atoms with Crippen LogP contribution in [0.1, 0.15) is 30.0 Å². The topological polar surface area (TPSA) is 119 Å². The summed E-state index contributed by atoms with van der Waals surface area (Å²) in [4.78, 5) is 50.3. The van der Waals surface area contributed by atoms with Crippen LogP contribution in [-0.2, 0) is 25.7 Å². The summed E-state index contributed by atoms with van der Waals surface area (Å²) in [7, 11) is 0. The minimum atomic E-state index is -1.27. The standard InChI is InChI=1S/C28H26F2N4O5/c29-21-9-19(10-22(30)12-21)25(14-27(37)38)32-28(39)20-11-26(36)33(16-20)23-7-4-8-24(13-23)34(17-35)31-15-18-5-2-1-3-6-18/h1-10,12-13,17,20,25,31H,11,14-16H2,(H,32,39)(H,37,38). The molecule has 3 N–H and O–H groups in total. The van der Waals surface area contributed by atoms with Crippen LogP contribution in [0.5, 0.6) is 0 Å². The molecule has 2 atom stereocenters. The summed E-state index contributed by atoms with van der Waals surface area (Å²) in [5.41, 5.74) is 4.89. The van der Waals surface area contributed by atoms with Gasteiger partial charge in [-0.05, 0) is 41.5 Å². The number of halogens is 2. The maximum atomic E-state index is 13.7. The summed E-state index contributed by atoms with van der Waals surface area (Å²) in [6, 6.07) is 17.5. The molecule has 0 radical (unpaired) electrons. The van der Waals surface area contributed by atoms with Crippen LogP contribution in [0.25, 0.3) is 0 Å². The zero-order valence-corrected chi connectivity index (χ0v) is 20.7. The van der Waals surface area contributed by atoms with Gasteiger partial charge in [0.25, 0.3) is 0 Å². The summed E-state index contributed by atoms with van der Waals surface area (Å²) in [6.07, 6.45) is -0.127. The van der Waals surface area contributed by atoms with E-state index in [1.165, 1.54) is 9.91 Å². The Morgan fingerprint density at radius 2 is 1.77 bits per heavy atom. The first-order valence-electron chi connectivity index (χ1n) is 12.1. The average molecular weight is 537 g/mol. The van der Waals surface area contributed by atoms with E-state index in [-0.39, 0.29) is 24.4 Å². The van der Waals surface area contributed by atoms with Gasteiger partial charge in [-0.15, -0.1) is 0 Å². The predicted molar refractivity (Wildman–Crippen MR) is 138 cm³/mol. The van der Waals surface area contributed by atoms with Crippen LogP contribution in [0.15, 0.2) is 72.8 Å². The van der Waals surface area contributed by atoms with Crippen LogP contribution in [0.2, 0.25) is 0 Å². The zero-order valence-electron chi connectivity index (χ0n) is 20.7. The van der Waals surface area contributed by atoms with E-state index in [9.17, 15) is 33.1 Å². The molecular formula is C28H26F2N4O5. The van der Waals surface area contributed by atoms with Crippen LogP contribution in [0.4, 0.5) is 20.2 Å². The number of amides is 3. The number of nitrogens with one attached hydrogen (secondary N) is 2. The normalized spacial score (nSPS) is 15.6. The van der Waals surface area contributed by atoms with Gasteiger partial charge >= 0.3 is 5.97 Å². The van der Waals surface area contributed by atoms with Crippen molar-refractivity contribution < 1.29 is 33.1 Å². The summed E-state index contributed by atoms with van der Waals surface area (Å²) in [6.45, 7) is 0.394. The molecule has 0 spiro atoms. The van der Waals surface area contributed by atoms with Crippen LogP contribution in [0.3, 0.4) is 0 Å². The van der Waals surface area contributed by atoms with Crippen LogP contribution in [-0.4, -0.2) is 35.8 Å². The van der Waals surface area contributed by atoms with Crippen molar-refractivity contribution >= 4 is 35.6 Å². The Morgan fingerprint density at radius 1 is 1.05 bits per heavy atom. The van der Waals surface area contributed by atoms with Crippen molar-refractivity contribution in [3.05, 3.63) is 95.6 Å². The van der Waals surface area contributed by atoms with Gasteiger partial charge in [0.15, 0.2) is 0 Å². The highest BCUT2D eigenvalue weighted by molar-refractivity contribution is 6.01. The highest BCUT2D eigenvalue weighted by atomic mass is 19.1. The van der Waals surface area contributed by atoms with Crippen molar-refractivity contribution in [2.45, 2.75) is 25.4 Å². The van der Waals surface area contributed by atoms with E-state index >= 15 is 0 Å². The second kappa shape index (κ2) is 12.3. The number of carbonyl (C=O) groups is 4. The van der Waals surface area contributed by atoms with Gasteiger partial charge in [0.2, 0.25) is 18.2 Å². The van der Waals surface area contributed by atoms with Gasteiger partial charge in [0, 0.05) is 31.3 Å². The van der Waals surface area contributed by atoms with E-state index in [0.717, 1.165) is 17.7 Å². The molecule has 1 heterocycles. The smallest absolute Gasteiger partial charge is 0.305 e. The highest BCUT2D eigenvalue weighted by Crippen LogP contribution is 2.29. The van der Waals surface area contributed by atoms with Crippen LogP contribution >= 0.6 is 0 Å². The van der Waals surface area contributed by atoms with Gasteiger partial charge in [-0.3, -0.25) is 19.2 Å². The lowest BCUT2D eigenvalue weighted by Gasteiger charge is -2.23. The summed E-state index contributed by atoms with van der Waals surface area (Å²) < 4.78 is 27.4. The Hall–Kier alpha value is -4.64. The number of nitrogens with zero attached hydrogens (tertiary/aromatic N) is 2. The minimum absolute atomic E-state index is 0.00393. The summed E-state index contributed by atoms with van der Waals surface area (Å²) in [5.74, 6) is -4.86. The fraction of sp³-hybridized carbons (Fsp3) is 0.214. The van der Waals surface area contributed by atoms with E-state index in [1.54, 1.807) is 24.3 Å². The molecule has 1 saturated heterocycles. The number of hydrogen-bond donors (Lipinski definition) is 3. The Balaban J connectivity index is 1.45. The van der Waals surface area contributed by atoms with Crippen molar-refractivity contribution in [2.24, 2.45) is 5.92 Å². The lowest BCUT2D eigenvalue weighted by molar-refractivity contribution is -0.138. The minimum Gasteiger partial charge on any atom is -0.481 e. The first-order valence-corrected chi connectivity index (χ1v) is 12.1. The average Bonchev–Trinajstić information content (AvgIpc) is 3.30. The molecule has 1 aliphatic rings. The predicted octanol–water partition coefficient (Wildman–Crippen LogP) is 3.32. The molecular weight excluding hydrogens is 510 g/mol. The number of carboxylic acid groups (broad SMARTS) is 1. The molecule has 3 amide bonds. The zero-order chi connectivity index (χ0) is 27.9. The Labute approximate surface area is 223 Å². The van der Waals surface area contributed by atoms with Gasteiger partial charge in [-0.1, -0.05) is 36.4 Å². The second-order valence-electron chi connectivity index (χ2n) is 9.08. The molecule has 9 nitrogen and oxygen atoms in total. The van der Waals surface area contributed by atoms with Gasteiger partial charge in [0.1, 0.15) is 11.6 Å². The molecule has 202 valence electrons. The molecule has 0 aliphatic carbocycles. The van der Waals surface area contributed by atoms with Gasteiger partial charge in [-0.25, -0.2) is 19.2 Å². The quantitative estimate of drug-likeness (QED) is 0.256. The molecule has 11 heteroatoms. The number of hydrazine groups is 1. The Morgan fingerprint density at radius 3 is 2.44 bits per heavy atom. The van der Waals surface area contributed by atoms with E-state index in [0.29, 0.717) is 30.4 Å². The molecule has 1 aliphatic heterocycles. The summed E-state index contributed by atoms with van der Waals surface area (Å²) >= 11 is 0. The fourth-order valence-corrected chi connectivity index (χ4v) is 4.40. The third-order valence-electron chi connectivity index (χ3n) is 6.30. The first-order chi connectivity index (χ1) is 18.7. The maximum Gasteiger partial charge on any atom is 0.305 e. The van der Waals surface area contributed by atoms with Crippen molar-refractivity contribution in [3.63, 3.8) is 0 Å². The number of hydrogen-bond acceptors (Lipinski definition) is 5. The molecule has 4 rings (SSSR count). The molecule has 2 unspecified atom stereocenters. The molecule has 0 bridgehead atoms. The van der Waals surface area contributed by atoms with E-state index in [4.69, 9.17) is 0 Å². The number of carbonyl (C=O) groups excluding carboxylic acids is 3. The number of carboxylic acids is 1. The number of benzene rings is 3. The third kappa shape index (κ3) is 7.02. The number of aliphatic carboxylic acids is 1. The number of rotatable bonds is 11. The largest absolute Gasteiger partial charge is 0.481 e. The van der Waals surface area contributed by atoms with Crippen molar-refractivity contribution in [2.75, 3.05) is 16.5 Å². The van der Waals surface area contributed by atoms with Crippen molar-refractivity contribution in [1.82, 2.24) is 10.7 Å². The van der Waals surface area contributed by atoms with Gasteiger partial charge < -0.3 is 15.3 Å². The maximum absolute atomic E-state index is 13.7. The second-order valence-corrected chi connectivity index (χ2v) is 9.08. The fourth-order valence-electron chi connectivity index (χ4n) is 4.40. The first kappa shape index (κ1) is 27.4. The monoisotopic (exact) mass is 536 g/mol. The molecule has 1 fully saturated rings. The summed E-state index contributed by atoms with van der Waals surface area (Å²) in [5, 5.41) is 13.1. The van der Waals surface area contributed by atoms with Gasteiger partial charge in [-0.2, -0.15) is 0 Å². The SMILES string of the molecule is O=CN(NCc1ccccc1)c1cccc(N2CC(C(=O)NC(CC(=O)O)c3cc(F)cc(F)c3)CC2=O)c1. The molecule has 3 aromatic carbocycles. The molecule has 0 saturated carbocycles. The third-order valence-corrected chi connectivity index (χ3v) is 6.30. The number of anilines is 2. The van der Waals surface area contributed by atoms with Crippen LogP contribution in [0, 0.1) is 17.6 Å². The van der Waals surface area contributed by atoms with Crippen molar-refractivity contribution in [1.29, 1.82) is 0 Å². The van der Waals surface area contributed by atoms with Gasteiger partial charge in [0.05, 0.1) is 24.1 Å². The molecule has 0 aromatic heterocycles. The molecule has 39 heavy (non-hydrogen) atoms. The van der Waals surface area contributed by atoms with E-state index < -0.39 is 41.9 Å². The lowest BCUT2D eigenvalue weighted by Crippen LogP contribution is -2.37. The Kier molecular flexibility index (Phi) is 8.62. The highest BCUT2D eigenvalue weighted by Gasteiger charge is 2.36. The Bertz CT molecular complexity index is 1350. The van der Waals surface area contributed by atoms with E-state index in [2.05, 4.69) is 10.7 Å². The lowest BCUT2D eigenvalue weighted by atomic mass is 10.0.